The fourth-order valence-corrected chi connectivity index (χ4v) is 1.85. The van der Waals surface area contributed by atoms with Crippen molar-refractivity contribution in [2.24, 2.45) is 0 Å². The Kier molecular flexibility index (Phi) is 2.84. The van der Waals surface area contributed by atoms with Gasteiger partial charge in [-0.05, 0) is 6.07 Å². The van der Waals surface area contributed by atoms with Crippen LogP contribution in [0.1, 0.15) is 11.4 Å². The van der Waals surface area contributed by atoms with Crippen molar-refractivity contribution in [1.82, 2.24) is 14.8 Å². The Hall–Kier alpha value is -1.58. The van der Waals surface area contributed by atoms with Crippen molar-refractivity contribution in [2.45, 2.75) is 12.4 Å². The maximum absolute atomic E-state index is 12.2. The van der Waals surface area contributed by atoms with E-state index in [4.69, 9.17) is 0 Å². The summed E-state index contributed by atoms with van der Waals surface area (Å²) in [4.78, 5) is 3.17. The van der Waals surface area contributed by atoms with Crippen molar-refractivity contribution >= 4 is 11.3 Å². The Bertz CT molecular complexity index is 501. The van der Waals surface area contributed by atoms with Gasteiger partial charge in [-0.3, -0.25) is 0 Å². The lowest BCUT2D eigenvalue weighted by molar-refractivity contribution is -0.142. The smallest absolute Gasteiger partial charge is 0.214 e. The molecule has 0 aliphatic heterocycles. The molecule has 0 aliphatic rings. The maximum Gasteiger partial charge on any atom is 0.435 e. The number of nitrogens with zero attached hydrogens (tertiary/aromatic N) is 3. The van der Waals surface area contributed by atoms with Crippen molar-refractivity contribution < 1.29 is 26.3 Å². The molecule has 2 rings (SSSR count). The highest BCUT2D eigenvalue weighted by molar-refractivity contribution is 7.12. The van der Waals surface area contributed by atoms with Crippen LogP contribution in [0.25, 0.3) is 5.13 Å². The van der Waals surface area contributed by atoms with E-state index in [0.717, 1.165) is 6.20 Å². The normalized spacial score (nSPS) is 13.0. The summed E-state index contributed by atoms with van der Waals surface area (Å²) < 4.78 is 74.1. The number of halogens is 6. The highest BCUT2D eigenvalue weighted by Gasteiger charge is 2.35. The van der Waals surface area contributed by atoms with Crippen LogP contribution < -0.4 is 0 Å². The van der Waals surface area contributed by atoms with Crippen molar-refractivity contribution in [3.63, 3.8) is 0 Å². The third kappa shape index (κ3) is 2.47. The molecule has 0 fully saturated rings. The quantitative estimate of drug-likeness (QED) is 0.753. The average molecular weight is 287 g/mol. The summed E-state index contributed by atoms with van der Waals surface area (Å²) in [6, 6.07) is 0.661. The van der Waals surface area contributed by atoms with Crippen molar-refractivity contribution in [3.8, 4) is 5.13 Å². The Morgan fingerprint density at radius 3 is 2.06 bits per heavy atom. The van der Waals surface area contributed by atoms with Gasteiger partial charge in [0.2, 0.25) is 5.13 Å². The average Bonchev–Trinajstić information content (AvgIpc) is 2.84. The van der Waals surface area contributed by atoms with Gasteiger partial charge < -0.3 is 0 Å². The predicted octanol–water partition coefficient (Wildman–Crippen LogP) is 3.37. The fourth-order valence-electron chi connectivity index (χ4n) is 1.08. The van der Waals surface area contributed by atoms with Crippen LogP contribution in [0, 0.1) is 0 Å². The van der Waals surface area contributed by atoms with E-state index in [1.165, 1.54) is 0 Å². The zero-order chi connectivity index (χ0) is 13.6. The van der Waals surface area contributed by atoms with Gasteiger partial charge in [-0.2, -0.15) is 31.4 Å². The molecule has 18 heavy (non-hydrogen) atoms. The van der Waals surface area contributed by atoms with E-state index in [2.05, 4.69) is 10.1 Å². The summed E-state index contributed by atoms with van der Waals surface area (Å²) in [5.74, 6) is 0. The standard InChI is InChI=1S/C8H3F6N3S/c9-7(10,11)4-1-2-17(16-4)6-15-5(3-18-6)8(12,13)14/h1-3H. The summed E-state index contributed by atoms with van der Waals surface area (Å²) in [5.41, 5.74) is -2.35. The topological polar surface area (TPSA) is 30.7 Å². The molecule has 2 aromatic rings. The molecule has 98 valence electrons. The third-order valence-electron chi connectivity index (χ3n) is 1.86. The lowest BCUT2D eigenvalue weighted by atomic mass is 10.4. The zero-order valence-electron chi connectivity index (χ0n) is 8.25. The molecule has 0 bridgehead atoms. The SMILES string of the molecule is FC(F)(F)c1csc(-n2ccc(C(F)(F)F)n2)n1. The summed E-state index contributed by atoms with van der Waals surface area (Å²) in [6.07, 6.45) is -8.37. The highest BCUT2D eigenvalue weighted by atomic mass is 32.1. The molecule has 0 atom stereocenters. The van der Waals surface area contributed by atoms with E-state index >= 15 is 0 Å². The molecule has 2 aromatic heterocycles. The first-order valence-electron chi connectivity index (χ1n) is 4.34. The van der Waals surface area contributed by atoms with Gasteiger partial charge in [0.05, 0.1) is 0 Å². The molecule has 0 N–H and O–H groups in total. The number of hydrogen-bond acceptors (Lipinski definition) is 3. The van der Waals surface area contributed by atoms with E-state index in [9.17, 15) is 26.3 Å². The Morgan fingerprint density at radius 2 is 1.61 bits per heavy atom. The van der Waals surface area contributed by atoms with E-state index in [0.29, 0.717) is 27.5 Å². The van der Waals surface area contributed by atoms with Crippen LogP contribution in [0.3, 0.4) is 0 Å². The molecule has 0 amide bonds. The number of aromatic nitrogens is 3. The number of rotatable bonds is 1. The second-order valence-corrected chi connectivity index (χ2v) is 3.99. The predicted molar refractivity (Wildman–Crippen MR) is 49.2 cm³/mol. The summed E-state index contributed by atoms with van der Waals surface area (Å²) in [7, 11) is 0. The van der Waals surface area contributed by atoms with Crippen LogP contribution >= 0.6 is 11.3 Å². The highest BCUT2D eigenvalue weighted by Crippen LogP contribution is 2.32. The van der Waals surface area contributed by atoms with E-state index in [1.54, 1.807) is 0 Å². The van der Waals surface area contributed by atoms with Crippen molar-refractivity contribution in [3.05, 3.63) is 29.0 Å². The van der Waals surface area contributed by atoms with Gasteiger partial charge in [0, 0.05) is 11.6 Å². The van der Waals surface area contributed by atoms with Gasteiger partial charge in [-0.25, -0.2) is 9.67 Å². The first-order chi connectivity index (χ1) is 8.18. The van der Waals surface area contributed by atoms with E-state index in [1.807, 2.05) is 0 Å². The molecule has 0 saturated heterocycles. The molecular weight excluding hydrogens is 284 g/mol. The maximum atomic E-state index is 12.2. The summed E-state index contributed by atoms with van der Waals surface area (Å²) in [6.45, 7) is 0. The molecular formula is C8H3F6N3S. The molecule has 2 heterocycles. The van der Waals surface area contributed by atoms with Crippen LogP contribution in [0.2, 0.25) is 0 Å². The Morgan fingerprint density at radius 1 is 1.00 bits per heavy atom. The molecule has 3 nitrogen and oxygen atoms in total. The van der Waals surface area contributed by atoms with Gasteiger partial charge >= 0.3 is 12.4 Å². The lowest BCUT2D eigenvalue weighted by Crippen LogP contribution is -2.08. The van der Waals surface area contributed by atoms with Gasteiger partial charge in [-0.1, -0.05) is 0 Å². The minimum Gasteiger partial charge on any atom is -0.214 e. The summed E-state index contributed by atoms with van der Waals surface area (Å²) in [5, 5.41) is 3.55. The minimum absolute atomic E-state index is 0.280. The number of thiazole rings is 1. The summed E-state index contributed by atoms with van der Waals surface area (Å²) >= 11 is 0.555. The number of alkyl halides is 6. The number of hydrogen-bond donors (Lipinski definition) is 0. The molecule has 10 heteroatoms. The zero-order valence-corrected chi connectivity index (χ0v) is 9.07. The molecule has 0 spiro atoms. The van der Waals surface area contributed by atoms with Crippen LogP contribution in [0.4, 0.5) is 26.3 Å². The molecule has 0 aromatic carbocycles. The Labute approximate surface area is 99.7 Å². The van der Waals surface area contributed by atoms with Crippen molar-refractivity contribution in [1.29, 1.82) is 0 Å². The van der Waals surface area contributed by atoms with Gasteiger partial charge in [-0.15, -0.1) is 11.3 Å². The Balaban J connectivity index is 2.33. The van der Waals surface area contributed by atoms with Gasteiger partial charge in [0.1, 0.15) is 0 Å². The second-order valence-electron chi connectivity index (χ2n) is 3.16. The molecule has 0 aliphatic carbocycles. The monoisotopic (exact) mass is 287 g/mol. The minimum atomic E-state index is -4.64. The molecule has 0 radical (unpaired) electrons. The third-order valence-corrected chi connectivity index (χ3v) is 2.69. The van der Waals surface area contributed by atoms with Crippen LogP contribution in [0.5, 0.6) is 0 Å². The second kappa shape index (κ2) is 3.97. The van der Waals surface area contributed by atoms with Crippen LogP contribution in [0.15, 0.2) is 17.6 Å². The van der Waals surface area contributed by atoms with Crippen molar-refractivity contribution in [2.75, 3.05) is 0 Å². The largest absolute Gasteiger partial charge is 0.435 e. The fraction of sp³-hybridized carbons (Fsp3) is 0.250. The van der Waals surface area contributed by atoms with E-state index < -0.39 is 23.7 Å². The lowest BCUT2D eigenvalue weighted by Gasteiger charge is -2.01. The molecule has 0 unspecified atom stereocenters. The first kappa shape index (κ1) is 12.9. The van der Waals surface area contributed by atoms with Gasteiger partial charge in [0.25, 0.3) is 0 Å². The first-order valence-corrected chi connectivity index (χ1v) is 5.22. The van der Waals surface area contributed by atoms with Gasteiger partial charge in [0.15, 0.2) is 11.4 Å². The van der Waals surface area contributed by atoms with Crippen LogP contribution in [-0.4, -0.2) is 14.8 Å². The molecule has 0 saturated carbocycles. The van der Waals surface area contributed by atoms with E-state index in [-0.39, 0.29) is 5.13 Å². The van der Waals surface area contributed by atoms with Crippen LogP contribution in [-0.2, 0) is 12.4 Å².